The number of aromatic amines is 1. The smallest absolute Gasteiger partial charge is 0.224 e. The zero-order chi connectivity index (χ0) is 17.4. The molecule has 0 radical (unpaired) electrons. The van der Waals surface area contributed by atoms with Crippen LogP contribution >= 0.6 is 0 Å². The molecule has 130 valence electrons. The van der Waals surface area contributed by atoms with Gasteiger partial charge in [-0.25, -0.2) is 0 Å². The van der Waals surface area contributed by atoms with Gasteiger partial charge in [0.25, 0.3) is 0 Å². The van der Waals surface area contributed by atoms with Gasteiger partial charge >= 0.3 is 0 Å². The maximum absolute atomic E-state index is 12.1. The zero-order valence-electron chi connectivity index (χ0n) is 14.4. The average Bonchev–Trinajstić information content (AvgIpc) is 3.09. The third kappa shape index (κ3) is 5.18. The van der Waals surface area contributed by atoms with Crippen molar-refractivity contribution < 1.29 is 9.53 Å². The zero-order valence-corrected chi connectivity index (χ0v) is 14.4. The van der Waals surface area contributed by atoms with Crippen molar-refractivity contribution in [3.05, 3.63) is 42.1 Å². The summed E-state index contributed by atoms with van der Waals surface area (Å²) in [7, 11) is 3.39. The first-order valence-corrected chi connectivity index (χ1v) is 8.20. The lowest BCUT2D eigenvalue weighted by molar-refractivity contribution is -0.132. The monoisotopic (exact) mass is 330 g/mol. The topological polar surface area (TPSA) is 84.2 Å². The number of nitrogens with zero attached hydrogens (tertiary/aromatic N) is 2. The number of ether oxygens (including phenoxy) is 1. The summed E-state index contributed by atoms with van der Waals surface area (Å²) in [6.07, 6.45) is 1.84. The summed E-state index contributed by atoms with van der Waals surface area (Å²) in [6, 6.07) is 12.1. The predicted molar refractivity (Wildman–Crippen MR) is 94.5 cm³/mol. The van der Waals surface area contributed by atoms with E-state index in [-0.39, 0.29) is 12.0 Å². The van der Waals surface area contributed by atoms with Gasteiger partial charge in [0.15, 0.2) is 0 Å². The Balaban J connectivity index is 1.78. The largest absolute Gasteiger partial charge is 0.380 e. The van der Waals surface area contributed by atoms with Crippen molar-refractivity contribution in [2.24, 2.45) is 5.73 Å². The van der Waals surface area contributed by atoms with E-state index in [0.29, 0.717) is 19.5 Å². The SMILES string of the molecule is COC(CN)CC(=O)N(C)CCCc1cc(-c2ccccc2)n[nH]1. The molecule has 6 nitrogen and oxygen atoms in total. The molecule has 1 unspecified atom stereocenters. The second-order valence-corrected chi connectivity index (χ2v) is 5.86. The van der Waals surface area contributed by atoms with Crippen LogP contribution in [0, 0.1) is 0 Å². The molecule has 1 aromatic carbocycles. The summed E-state index contributed by atoms with van der Waals surface area (Å²) in [5.74, 6) is 0.0573. The molecule has 1 aromatic heterocycles. The second kappa shape index (κ2) is 9.20. The summed E-state index contributed by atoms with van der Waals surface area (Å²) in [5, 5.41) is 7.41. The van der Waals surface area contributed by atoms with Gasteiger partial charge in [-0.15, -0.1) is 0 Å². The fourth-order valence-corrected chi connectivity index (χ4v) is 2.49. The molecule has 3 N–H and O–H groups in total. The van der Waals surface area contributed by atoms with E-state index in [4.69, 9.17) is 10.5 Å². The maximum Gasteiger partial charge on any atom is 0.224 e. The normalized spacial score (nSPS) is 12.1. The Morgan fingerprint density at radius 3 is 2.79 bits per heavy atom. The van der Waals surface area contributed by atoms with E-state index in [1.807, 2.05) is 37.4 Å². The third-order valence-corrected chi connectivity index (χ3v) is 4.06. The second-order valence-electron chi connectivity index (χ2n) is 5.86. The molecule has 1 amide bonds. The van der Waals surface area contributed by atoms with Gasteiger partial charge in [0, 0.05) is 38.5 Å². The Labute approximate surface area is 143 Å². The highest BCUT2D eigenvalue weighted by atomic mass is 16.5. The van der Waals surface area contributed by atoms with Gasteiger partial charge in [-0.05, 0) is 18.9 Å². The molecule has 0 fully saturated rings. The fourth-order valence-electron chi connectivity index (χ4n) is 2.49. The van der Waals surface area contributed by atoms with Crippen molar-refractivity contribution in [3.63, 3.8) is 0 Å². The molecular formula is C18H26N4O2. The first-order valence-electron chi connectivity index (χ1n) is 8.20. The highest BCUT2D eigenvalue weighted by Crippen LogP contribution is 2.17. The average molecular weight is 330 g/mol. The number of hydrogen-bond donors (Lipinski definition) is 2. The Bertz CT molecular complexity index is 623. The molecule has 24 heavy (non-hydrogen) atoms. The quantitative estimate of drug-likeness (QED) is 0.735. The minimum atomic E-state index is -0.207. The molecule has 0 spiro atoms. The molecule has 0 aliphatic heterocycles. The lowest BCUT2D eigenvalue weighted by Crippen LogP contribution is -2.34. The van der Waals surface area contributed by atoms with Gasteiger partial charge in [-0.2, -0.15) is 5.10 Å². The van der Waals surface area contributed by atoms with Crippen molar-refractivity contribution in [2.75, 3.05) is 27.2 Å². The number of carbonyl (C=O) groups excluding carboxylic acids is 1. The molecule has 0 saturated carbocycles. The highest BCUT2D eigenvalue weighted by molar-refractivity contribution is 5.76. The van der Waals surface area contributed by atoms with Gasteiger partial charge in [-0.1, -0.05) is 30.3 Å². The van der Waals surface area contributed by atoms with Crippen LogP contribution in [0.5, 0.6) is 0 Å². The van der Waals surface area contributed by atoms with E-state index < -0.39 is 0 Å². The minimum absolute atomic E-state index is 0.0573. The molecule has 2 rings (SSSR count). The minimum Gasteiger partial charge on any atom is -0.380 e. The van der Waals surface area contributed by atoms with Crippen LogP contribution in [0.15, 0.2) is 36.4 Å². The van der Waals surface area contributed by atoms with E-state index in [0.717, 1.165) is 29.8 Å². The van der Waals surface area contributed by atoms with E-state index in [9.17, 15) is 4.79 Å². The molecule has 0 aliphatic rings. The first-order chi connectivity index (χ1) is 11.6. The van der Waals surface area contributed by atoms with Crippen LogP contribution in [0.25, 0.3) is 11.3 Å². The van der Waals surface area contributed by atoms with Crippen LogP contribution in [0.4, 0.5) is 0 Å². The number of nitrogens with two attached hydrogens (primary N) is 1. The van der Waals surface area contributed by atoms with Crippen molar-refractivity contribution in [2.45, 2.75) is 25.4 Å². The lowest BCUT2D eigenvalue weighted by Gasteiger charge is -2.20. The van der Waals surface area contributed by atoms with Crippen LogP contribution in [0.3, 0.4) is 0 Å². The number of methoxy groups -OCH3 is 1. The van der Waals surface area contributed by atoms with E-state index in [2.05, 4.69) is 16.3 Å². The van der Waals surface area contributed by atoms with E-state index >= 15 is 0 Å². The van der Waals surface area contributed by atoms with Crippen LogP contribution in [0.1, 0.15) is 18.5 Å². The summed E-state index contributed by atoms with van der Waals surface area (Å²) in [5.41, 5.74) is 8.67. The van der Waals surface area contributed by atoms with Gasteiger partial charge in [0.2, 0.25) is 5.91 Å². The number of aryl methyl sites for hydroxylation is 1. The highest BCUT2D eigenvalue weighted by Gasteiger charge is 2.15. The summed E-state index contributed by atoms with van der Waals surface area (Å²) >= 11 is 0. The van der Waals surface area contributed by atoms with E-state index in [1.54, 1.807) is 12.0 Å². The molecular weight excluding hydrogens is 304 g/mol. The lowest BCUT2D eigenvalue weighted by atomic mass is 10.1. The Morgan fingerprint density at radius 1 is 1.38 bits per heavy atom. The van der Waals surface area contributed by atoms with E-state index in [1.165, 1.54) is 0 Å². The number of aromatic nitrogens is 2. The van der Waals surface area contributed by atoms with Crippen LogP contribution in [-0.4, -0.2) is 54.4 Å². The number of rotatable bonds is 9. The summed E-state index contributed by atoms with van der Waals surface area (Å²) in [4.78, 5) is 13.8. The van der Waals surface area contributed by atoms with Crippen LogP contribution in [0.2, 0.25) is 0 Å². The van der Waals surface area contributed by atoms with Gasteiger partial charge < -0.3 is 15.4 Å². The van der Waals surface area contributed by atoms with Crippen molar-refractivity contribution in [1.82, 2.24) is 15.1 Å². The molecule has 0 aliphatic carbocycles. The first kappa shape index (κ1) is 18.2. The molecule has 0 saturated heterocycles. The summed E-state index contributed by atoms with van der Waals surface area (Å²) in [6.45, 7) is 1.05. The molecule has 1 atom stereocenters. The molecule has 0 bridgehead atoms. The fraction of sp³-hybridized carbons (Fsp3) is 0.444. The number of carbonyl (C=O) groups is 1. The van der Waals surface area contributed by atoms with Crippen molar-refractivity contribution in [1.29, 1.82) is 0 Å². The molecule has 1 heterocycles. The van der Waals surface area contributed by atoms with Crippen molar-refractivity contribution in [3.8, 4) is 11.3 Å². The van der Waals surface area contributed by atoms with Crippen LogP contribution < -0.4 is 5.73 Å². The molecule has 2 aromatic rings. The molecule has 6 heteroatoms. The number of benzene rings is 1. The number of hydrogen-bond acceptors (Lipinski definition) is 4. The van der Waals surface area contributed by atoms with Gasteiger partial charge in [0.1, 0.15) is 0 Å². The Hall–Kier alpha value is -2.18. The standard InChI is InChI=1S/C18H26N4O2/c1-22(18(23)12-16(13-19)24-2)10-6-9-15-11-17(21-20-15)14-7-4-3-5-8-14/h3-5,7-8,11,16H,6,9-10,12-13,19H2,1-2H3,(H,20,21). The Kier molecular flexibility index (Phi) is 6.96. The Morgan fingerprint density at radius 2 is 2.12 bits per heavy atom. The van der Waals surface area contributed by atoms with Gasteiger partial charge in [-0.3, -0.25) is 9.89 Å². The third-order valence-electron chi connectivity index (χ3n) is 4.06. The van der Waals surface area contributed by atoms with Crippen molar-refractivity contribution >= 4 is 5.91 Å². The number of amides is 1. The van der Waals surface area contributed by atoms with Gasteiger partial charge in [0.05, 0.1) is 18.2 Å². The number of H-pyrrole nitrogens is 1. The maximum atomic E-state index is 12.1. The van der Waals surface area contributed by atoms with Crippen LogP contribution in [-0.2, 0) is 16.0 Å². The number of nitrogens with one attached hydrogen (secondary N) is 1. The summed E-state index contributed by atoms with van der Waals surface area (Å²) < 4.78 is 5.15. The predicted octanol–water partition coefficient (Wildman–Crippen LogP) is 1.83.